The summed E-state index contributed by atoms with van der Waals surface area (Å²) in [6.07, 6.45) is 12.5. The minimum Gasteiger partial charge on any atom is -0.481 e. The van der Waals surface area contributed by atoms with E-state index < -0.39 is 5.97 Å². The van der Waals surface area contributed by atoms with Crippen molar-refractivity contribution in [2.75, 3.05) is 0 Å². The molecule has 0 unspecified atom stereocenters. The first-order valence-corrected chi connectivity index (χ1v) is 9.22. The largest absolute Gasteiger partial charge is 0.481 e. The molecule has 2 nitrogen and oxygen atoms in total. The molecule has 0 amide bonds. The lowest BCUT2D eigenvalue weighted by Gasteiger charge is -2.03. The van der Waals surface area contributed by atoms with Crippen LogP contribution in [-0.4, -0.2) is 11.1 Å². The lowest BCUT2D eigenvalue weighted by molar-refractivity contribution is -0.137. The Morgan fingerprint density at radius 2 is 1.48 bits per heavy atom. The minimum atomic E-state index is -0.664. The first-order valence-electron chi connectivity index (χ1n) is 8.15. The lowest BCUT2D eigenvalue weighted by atomic mass is 10.0. The van der Waals surface area contributed by atoms with E-state index in [4.69, 9.17) is 5.11 Å². The van der Waals surface area contributed by atoms with Crippen molar-refractivity contribution >= 4 is 28.6 Å². The summed E-state index contributed by atoms with van der Waals surface area (Å²) in [5.41, 5.74) is 1.46. The van der Waals surface area contributed by atoms with Crippen LogP contribution in [0.5, 0.6) is 0 Å². The third kappa shape index (κ3) is 10.7. The molecule has 0 saturated carbocycles. The highest BCUT2D eigenvalue weighted by molar-refractivity contribution is 14.1. The van der Waals surface area contributed by atoms with E-state index in [2.05, 4.69) is 46.9 Å². The van der Waals surface area contributed by atoms with Gasteiger partial charge in [0.05, 0.1) is 0 Å². The molecule has 0 aliphatic carbocycles. The fourth-order valence-corrected chi connectivity index (χ4v) is 3.14. The number of hydrogen-bond donors (Lipinski definition) is 1. The Labute approximate surface area is 142 Å². The predicted octanol–water partition coefficient (Wildman–Crippen LogP) is 5.82. The van der Waals surface area contributed by atoms with Gasteiger partial charge in [0.2, 0.25) is 0 Å². The summed E-state index contributed by atoms with van der Waals surface area (Å²) < 4.78 is 1.33. The number of aliphatic carboxylic acids is 1. The number of carbonyl (C=O) groups is 1. The summed E-state index contributed by atoms with van der Waals surface area (Å²) in [6, 6.07) is 8.78. The van der Waals surface area contributed by atoms with Crippen LogP contribution in [0.4, 0.5) is 0 Å². The van der Waals surface area contributed by atoms with Crippen LogP contribution in [0.15, 0.2) is 24.3 Å². The van der Waals surface area contributed by atoms with Crippen LogP contribution in [0.1, 0.15) is 69.8 Å². The Balaban J connectivity index is 1.86. The fourth-order valence-electron chi connectivity index (χ4n) is 2.54. The van der Waals surface area contributed by atoms with Crippen molar-refractivity contribution in [2.24, 2.45) is 0 Å². The van der Waals surface area contributed by atoms with Gasteiger partial charge in [-0.2, -0.15) is 0 Å². The number of benzene rings is 1. The summed E-state index contributed by atoms with van der Waals surface area (Å²) in [4.78, 5) is 10.4. The average molecular weight is 402 g/mol. The fraction of sp³-hybridized carbons (Fsp3) is 0.611. The van der Waals surface area contributed by atoms with E-state index in [1.807, 2.05) is 0 Å². The Kier molecular flexibility index (Phi) is 10.6. The molecule has 0 saturated heterocycles. The molecule has 1 aromatic rings. The van der Waals surface area contributed by atoms with Gasteiger partial charge in [0.1, 0.15) is 0 Å². The van der Waals surface area contributed by atoms with Crippen molar-refractivity contribution in [1.29, 1.82) is 0 Å². The molecule has 118 valence electrons. The van der Waals surface area contributed by atoms with Crippen LogP contribution in [0.25, 0.3) is 0 Å². The summed E-state index contributed by atoms with van der Waals surface area (Å²) in [5.74, 6) is -0.664. The van der Waals surface area contributed by atoms with Crippen LogP contribution in [0, 0.1) is 3.57 Å². The van der Waals surface area contributed by atoms with Crippen LogP contribution < -0.4 is 0 Å². The van der Waals surface area contributed by atoms with E-state index in [9.17, 15) is 4.79 Å². The summed E-state index contributed by atoms with van der Waals surface area (Å²) in [7, 11) is 0. The van der Waals surface area contributed by atoms with E-state index in [1.54, 1.807) is 0 Å². The maximum absolute atomic E-state index is 10.4. The van der Waals surface area contributed by atoms with Gasteiger partial charge in [-0.25, -0.2) is 0 Å². The van der Waals surface area contributed by atoms with Crippen molar-refractivity contribution < 1.29 is 9.90 Å². The first kappa shape index (κ1) is 18.5. The molecule has 0 atom stereocenters. The number of unbranched alkanes of at least 4 members (excludes halogenated alkanes) is 8. The van der Waals surface area contributed by atoms with Gasteiger partial charge in [-0.1, -0.05) is 57.1 Å². The highest BCUT2D eigenvalue weighted by Crippen LogP contribution is 2.14. The van der Waals surface area contributed by atoms with Crippen molar-refractivity contribution in [3.05, 3.63) is 33.4 Å². The first-order chi connectivity index (χ1) is 10.2. The zero-order valence-corrected chi connectivity index (χ0v) is 15.0. The maximum atomic E-state index is 10.4. The van der Waals surface area contributed by atoms with Gasteiger partial charge >= 0.3 is 5.97 Å². The normalized spacial score (nSPS) is 10.7. The van der Waals surface area contributed by atoms with Crippen LogP contribution >= 0.6 is 22.6 Å². The molecule has 0 fully saturated rings. The second-order valence-electron chi connectivity index (χ2n) is 5.71. The quantitative estimate of drug-likeness (QED) is 0.353. The molecular formula is C18H27IO2. The number of rotatable bonds is 12. The highest BCUT2D eigenvalue weighted by atomic mass is 127. The zero-order valence-electron chi connectivity index (χ0n) is 12.8. The summed E-state index contributed by atoms with van der Waals surface area (Å²) >= 11 is 2.37. The van der Waals surface area contributed by atoms with E-state index in [0.29, 0.717) is 6.42 Å². The van der Waals surface area contributed by atoms with Crippen LogP contribution in [0.2, 0.25) is 0 Å². The molecule has 0 bridgehead atoms. The number of carboxylic acid groups (broad SMARTS) is 1. The highest BCUT2D eigenvalue weighted by Gasteiger charge is 1.97. The second-order valence-corrected chi connectivity index (χ2v) is 6.95. The van der Waals surface area contributed by atoms with Crippen LogP contribution in [-0.2, 0) is 11.2 Å². The summed E-state index contributed by atoms with van der Waals surface area (Å²) in [5, 5.41) is 8.53. The molecular weight excluding hydrogens is 375 g/mol. The number of hydrogen-bond acceptors (Lipinski definition) is 1. The monoisotopic (exact) mass is 402 g/mol. The number of carboxylic acids is 1. The van der Waals surface area contributed by atoms with Crippen LogP contribution in [0.3, 0.4) is 0 Å². The maximum Gasteiger partial charge on any atom is 0.303 e. The van der Waals surface area contributed by atoms with Gasteiger partial charge in [-0.3, -0.25) is 4.79 Å². The van der Waals surface area contributed by atoms with Crippen molar-refractivity contribution in [1.82, 2.24) is 0 Å². The van der Waals surface area contributed by atoms with Gasteiger partial charge in [0.15, 0.2) is 0 Å². The Morgan fingerprint density at radius 3 is 2.05 bits per heavy atom. The molecule has 3 heteroatoms. The molecule has 0 aliphatic rings. The Hall–Kier alpha value is -0.580. The molecule has 1 N–H and O–H groups in total. The van der Waals surface area contributed by atoms with Gasteiger partial charge in [0.25, 0.3) is 0 Å². The molecule has 0 radical (unpaired) electrons. The molecule has 1 aromatic carbocycles. The molecule has 0 aromatic heterocycles. The second kappa shape index (κ2) is 12.0. The summed E-state index contributed by atoms with van der Waals surface area (Å²) in [6.45, 7) is 0. The van der Waals surface area contributed by atoms with E-state index >= 15 is 0 Å². The number of halogens is 1. The zero-order chi connectivity index (χ0) is 15.3. The molecule has 1 rings (SSSR count). The molecule has 0 aliphatic heterocycles. The molecule has 0 heterocycles. The van der Waals surface area contributed by atoms with Crippen molar-refractivity contribution in [3.8, 4) is 0 Å². The van der Waals surface area contributed by atoms with E-state index in [1.165, 1.54) is 60.5 Å². The smallest absolute Gasteiger partial charge is 0.303 e. The third-order valence-corrected chi connectivity index (χ3v) is 4.42. The van der Waals surface area contributed by atoms with Gasteiger partial charge in [-0.05, 0) is 59.5 Å². The Morgan fingerprint density at radius 1 is 0.905 bits per heavy atom. The number of aryl methyl sites for hydroxylation is 1. The van der Waals surface area contributed by atoms with Crippen molar-refractivity contribution in [2.45, 2.75) is 70.6 Å². The van der Waals surface area contributed by atoms with Gasteiger partial charge in [0, 0.05) is 9.99 Å². The standard InChI is InChI=1S/C18H27IO2/c19-17-13-10-12-16(15-17)11-8-6-4-2-1-3-5-7-9-14-18(20)21/h10,12-13,15H,1-9,11,14H2,(H,20,21). The SMILES string of the molecule is O=C(O)CCCCCCCCCCCc1cccc(I)c1. The average Bonchev–Trinajstić information content (AvgIpc) is 2.44. The topological polar surface area (TPSA) is 37.3 Å². The third-order valence-electron chi connectivity index (χ3n) is 3.75. The minimum absolute atomic E-state index is 0.332. The van der Waals surface area contributed by atoms with Gasteiger partial charge < -0.3 is 5.11 Å². The Bertz CT molecular complexity index is 404. The van der Waals surface area contributed by atoms with E-state index in [-0.39, 0.29) is 0 Å². The van der Waals surface area contributed by atoms with E-state index in [0.717, 1.165) is 12.8 Å². The predicted molar refractivity (Wildman–Crippen MR) is 96.7 cm³/mol. The lowest BCUT2D eigenvalue weighted by Crippen LogP contribution is -1.93. The van der Waals surface area contributed by atoms with Crippen molar-refractivity contribution in [3.63, 3.8) is 0 Å². The molecule has 0 spiro atoms. The molecule has 21 heavy (non-hydrogen) atoms. The van der Waals surface area contributed by atoms with Gasteiger partial charge in [-0.15, -0.1) is 0 Å².